The van der Waals surface area contributed by atoms with Crippen LogP contribution in [0, 0.1) is 5.92 Å². The van der Waals surface area contributed by atoms with E-state index in [-0.39, 0.29) is 30.3 Å². The van der Waals surface area contributed by atoms with E-state index in [0.717, 1.165) is 62.0 Å². The van der Waals surface area contributed by atoms with Crippen LogP contribution in [0.5, 0.6) is 5.75 Å². The number of hydrogen-bond donors (Lipinski definition) is 1. The Morgan fingerprint density at radius 3 is 2.51 bits per heavy atom. The van der Waals surface area contributed by atoms with Gasteiger partial charge in [0, 0.05) is 42.7 Å². The molecule has 2 atom stereocenters. The number of benzene rings is 3. The van der Waals surface area contributed by atoms with Gasteiger partial charge in [-0.05, 0) is 95.1 Å². The summed E-state index contributed by atoms with van der Waals surface area (Å²) < 4.78 is 29.7. The molecule has 2 aliphatic heterocycles. The maximum atomic E-state index is 13.2. The predicted molar refractivity (Wildman–Crippen MR) is 177 cm³/mol. The van der Waals surface area contributed by atoms with Crippen molar-refractivity contribution in [2.45, 2.75) is 85.3 Å². The van der Waals surface area contributed by atoms with Gasteiger partial charge in [-0.3, -0.25) is 4.90 Å². The normalized spacial score (nSPS) is 18.0. The Morgan fingerprint density at radius 1 is 1.07 bits per heavy atom. The Hall–Kier alpha value is -3.60. The van der Waals surface area contributed by atoms with Crippen molar-refractivity contribution in [2.24, 2.45) is 5.92 Å². The molecule has 0 radical (unpaired) electrons. The van der Waals surface area contributed by atoms with Gasteiger partial charge in [0.15, 0.2) is 0 Å². The summed E-state index contributed by atoms with van der Waals surface area (Å²) in [6.07, 6.45) is 0.480. The first kappa shape index (κ1) is 31.4. The Kier molecular flexibility index (Phi) is 8.58. The van der Waals surface area contributed by atoms with E-state index in [1.807, 2.05) is 48.5 Å². The van der Waals surface area contributed by atoms with E-state index in [4.69, 9.17) is 28.5 Å². The molecule has 2 aliphatic rings. The predicted octanol–water partition coefficient (Wildman–Crippen LogP) is 6.77. The van der Waals surface area contributed by atoms with Gasteiger partial charge < -0.3 is 28.5 Å². The van der Waals surface area contributed by atoms with Gasteiger partial charge in [-0.2, -0.15) is 0 Å². The number of imidazole rings is 1. The number of methoxy groups -OCH3 is 1. The highest BCUT2D eigenvalue weighted by atomic mass is 16.6. The van der Waals surface area contributed by atoms with E-state index in [0.29, 0.717) is 19.8 Å². The molecule has 1 aromatic heterocycles. The quantitative estimate of drug-likeness (QED) is 0.219. The molecule has 1 N–H and O–H groups in total. The topological polar surface area (TPSA) is 95.1 Å². The van der Waals surface area contributed by atoms with Crippen LogP contribution in [0.4, 0.5) is 4.79 Å². The van der Waals surface area contributed by atoms with Crippen molar-refractivity contribution < 1.29 is 28.3 Å². The standard InChI is InChI=1S/C35H44BN3O6/c1-20(2)44-36(45-21(3)4)25-10-11-26-24(14-25)19-42-31-16-27-23(15-28(26)31)9-12-29-32(27)38-33(37-29)30-13-22(18-41-8)17-39(30)34(40)43-35(5,6)7/h9-12,14-16,20-22,30H,13,17-19H2,1-8H3,(H,37,38). The number of nitrogens with one attached hydrogen (secondary N) is 1. The molecule has 0 saturated carbocycles. The first-order valence-corrected chi connectivity index (χ1v) is 15.9. The SMILES string of the molecule is COCC1CC(c2nc3c(ccc4cc5c(cc43)OCc3cc(B(OC(C)C)OC(C)C)ccc3-5)[nH]2)N(C(=O)OC(C)(C)C)C1. The Balaban J connectivity index is 1.34. The third kappa shape index (κ3) is 6.55. The number of aromatic amines is 1. The second kappa shape index (κ2) is 12.3. The molecule has 10 heteroatoms. The minimum atomic E-state index is -0.588. The van der Waals surface area contributed by atoms with Gasteiger partial charge in [-0.25, -0.2) is 9.78 Å². The van der Waals surface area contributed by atoms with Crippen molar-refractivity contribution in [1.29, 1.82) is 0 Å². The fourth-order valence-corrected chi connectivity index (χ4v) is 6.37. The number of amides is 1. The van der Waals surface area contributed by atoms with Crippen molar-refractivity contribution in [3.05, 3.63) is 53.9 Å². The molecule has 0 aliphatic carbocycles. The highest BCUT2D eigenvalue weighted by Gasteiger charge is 2.40. The zero-order chi connectivity index (χ0) is 32.0. The van der Waals surface area contributed by atoms with Crippen LogP contribution in [0.3, 0.4) is 0 Å². The second-order valence-corrected chi connectivity index (χ2v) is 13.8. The molecular weight excluding hydrogens is 569 g/mol. The largest absolute Gasteiger partial charge is 0.494 e. The van der Waals surface area contributed by atoms with Crippen molar-refractivity contribution >= 4 is 40.5 Å². The summed E-state index contributed by atoms with van der Waals surface area (Å²) in [5, 5.41) is 2.07. The fraction of sp³-hybridized carbons (Fsp3) is 0.486. The highest BCUT2D eigenvalue weighted by molar-refractivity contribution is 6.61. The van der Waals surface area contributed by atoms with E-state index in [1.54, 1.807) is 12.0 Å². The van der Waals surface area contributed by atoms with E-state index < -0.39 is 12.7 Å². The Bertz CT molecular complexity index is 1700. The van der Waals surface area contributed by atoms with Crippen LogP contribution >= 0.6 is 0 Å². The van der Waals surface area contributed by atoms with Crippen LogP contribution < -0.4 is 10.2 Å². The summed E-state index contributed by atoms with van der Waals surface area (Å²) in [5.74, 6) is 1.77. The average molecular weight is 614 g/mol. The number of carbonyl (C=O) groups excluding carboxylic acids is 1. The van der Waals surface area contributed by atoms with Gasteiger partial charge in [-0.1, -0.05) is 24.3 Å². The third-order valence-corrected chi connectivity index (χ3v) is 8.19. The van der Waals surface area contributed by atoms with Gasteiger partial charge in [-0.15, -0.1) is 0 Å². The van der Waals surface area contributed by atoms with Crippen molar-refractivity contribution in [1.82, 2.24) is 14.9 Å². The van der Waals surface area contributed by atoms with Gasteiger partial charge in [0.1, 0.15) is 23.8 Å². The summed E-state index contributed by atoms with van der Waals surface area (Å²) in [6.45, 7) is 15.3. The van der Waals surface area contributed by atoms with Crippen molar-refractivity contribution in [2.75, 3.05) is 20.3 Å². The summed E-state index contributed by atoms with van der Waals surface area (Å²) in [6, 6.07) is 14.6. The lowest BCUT2D eigenvalue weighted by molar-refractivity contribution is 0.0209. The number of nitrogens with zero attached hydrogens (tertiary/aromatic N) is 2. The lowest BCUT2D eigenvalue weighted by atomic mass is 9.76. The first-order valence-electron chi connectivity index (χ1n) is 15.9. The first-order chi connectivity index (χ1) is 21.4. The summed E-state index contributed by atoms with van der Waals surface area (Å²) >= 11 is 0. The van der Waals surface area contributed by atoms with Crippen LogP contribution in [0.15, 0.2) is 42.5 Å². The highest BCUT2D eigenvalue weighted by Crippen LogP contribution is 2.42. The molecule has 0 spiro atoms. The molecule has 6 rings (SSSR count). The minimum absolute atomic E-state index is 0.0355. The molecule has 0 bridgehead atoms. The molecule has 9 nitrogen and oxygen atoms in total. The van der Waals surface area contributed by atoms with Crippen molar-refractivity contribution in [3.63, 3.8) is 0 Å². The number of H-pyrrole nitrogens is 1. The van der Waals surface area contributed by atoms with E-state index in [1.165, 1.54) is 0 Å². The van der Waals surface area contributed by atoms with Crippen LogP contribution in [-0.4, -0.2) is 66.1 Å². The summed E-state index contributed by atoms with van der Waals surface area (Å²) in [5.41, 5.74) is 5.45. The molecular formula is C35H44BN3O6. The van der Waals surface area contributed by atoms with E-state index >= 15 is 0 Å². The summed E-state index contributed by atoms with van der Waals surface area (Å²) in [4.78, 5) is 23.6. The minimum Gasteiger partial charge on any atom is -0.488 e. The number of rotatable bonds is 8. The Labute approximate surface area is 265 Å². The molecule has 3 heterocycles. The number of fused-ring (bicyclic) bond motifs is 6. The second-order valence-electron chi connectivity index (χ2n) is 13.8. The maximum Gasteiger partial charge on any atom is 0.494 e. The number of hydrogen-bond acceptors (Lipinski definition) is 7. The van der Waals surface area contributed by atoms with Gasteiger partial charge in [0.05, 0.1) is 23.7 Å². The molecule has 238 valence electrons. The van der Waals surface area contributed by atoms with Crippen molar-refractivity contribution in [3.8, 4) is 16.9 Å². The molecule has 1 fully saturated rings. The number of ether oxygens (including phenoxy) is 3. The van der Waals surface area contributed by atoms with Crippen LogP contribution in [0.2, 0.25) is 0 Å². The number of likely N-dealkylation sites (tertiary alicyclic amines) is 1. The lowest BCUT2D eigenvalue weighted by Gasteiger charge is -2.27. The zero-order valence-electron chi connectivity index (χ0n) is 27.6. The van der Waals surface area contributed by atoms with E-state index in [9.17, 15) is 4.79 Å². The smallest absolute Gasteiger partial charge is 0.488 e. The van der Waals surface area contributed by atoms with E-state index in [2.05, 4.69) is 47.4 Å². The average Bonchev–Trinajstić information content (AvgIpc) is 3.59. The van der Waals surface area contributed by atoms with Crippen LogP contribution in [0.1, 0.15) is 72.3 Å². The van der Waals surface area contributed by atoms with Gasteiger partial charge in [0.2, 0.25) is 0 Å². The number of carbonyl (C=O) groups is 1. The molecule has 1 saturated heterocycles. The summed E-state index contributed by atoms with van der Waals surface area (Å²) in [7, 11) is 1.25. The molecule has 3 aromatic carbocycles. The molecule has 45 heavy (non-hydrogen) atoms. The molecule has 2 unspecified atom stereocenters. The maximum absolute atomic E-state index is 13.2. The lowest BCUT2D eigenvalue weighted by Crippen LogP contribution is -2.41. The molecule has 4 aromatic rings. The zero-order valence-corrected chi connectivity index (χ0v) is 27.6. The van der Waals surface area contributed by atoms with Crippen LogP contribution in [0.25, 0.3) is 32.9 Å². The monoisotopic (exact) mass is 613 g/mol. The van der Waals surface area contributed by atoms with Gasteiger partial charge >= 0.3 is 13.2 Å². The van der Waals surface area contributed by atoms with Gasteiger partial charge in [0.25, 0.3) is 0 Å². The fourth-order valence-electron chi connectivity index (χ4n) is 6.37. The third-order valence-electron chi connectivity index (χ3n) is 8.19. The Morgan fingerprint density at radius 2 is 1.82 bits per heavy atom. The van der Waals surface area contributed by atoms with Crippen LogP contribution in [-0.2, 0) is 25.4 Å². The molecule has 1 amide bonds. The number of aromatic nitrogens is 2.